The van der Waals surface area contributed by atoms with E-state index in [1.54, 1.807) is 0 Å². The van der Waals surface area contributed by atoms with Gasteiger partial charge in [0.2, 0.25) is 0 Å². The van der Waals surface area contributed by atoms with E-state index in [1.165, 1.54) is 0 Å². The SMILES string of the molecule is C[C@]12CCC3(O)O[C@@H](CCCC#N)CCC3[C@@H]1CC[C@H]2O. The van der Waals surface area contributed by atoms with Gasteiger partial charge in [0, 0.05) is 18.8 Å². The van der Waals surface area contributed by atoms with Crippen molar-refractivity contribution in [2.24, 2.45) is 17.3 Å². The Morgan fingerprint density at radius 1 is 1.19 bits per heavy atom. The number of aliphatic hydroxyl groups is 2. The van der Waals surface area contributed by atoms with Crippen LogP contribution in [0.15, 0.2) is 0 Å². The van der Waals surface area contributed by atoms with Gasteiger partial charge in [-0.05, 0) is 56.3 Å². The lowest BCUT2D eigenvalue weighted by atomic mass is 9.59. The van der Waals surface area contributed by atoms with Crippen LogP contribution < -0.4 is 0 Å². The number of hydrogen-bond donors (Lipinski definition) is 2. The zero-order chi connectivity index (χ0) is 15.1. The molecule has 118 valence electrons. The molecule has 1 saturated heterocycles. The monoisotopic (exact) mass is 293 g/mol. The Morgan fingerprint density at radius 2 is 1.95 bits per heavy atom. The fourth-order valence-corrected chi connectivity index (χ4v) is 5.10. The molecule has 4 nitrogen and oxygen atoms in total. The van der Waals surface area contributed by atoms with Crippen LogP contribution in [-0.2, 0) is 4.74 Å². The number of unbranched alkanes of at least 4 members (excludes halogenated alkanes) is 1. The fourth-order valence-electron chi connectivity index (χ4n) is 5.10. The molecule has 0 amide bonds. The smallest absolute Gasteiger partial charge is 0.168 e. The lowest BCUT2D eigenvalue weighted by Crippen LogP contribution is -2.57. The molecule has 4 heteroatoms. The van der Waals surface area contributed by atoms with Gasteiger partial charge >= 0.3 is 0 Å². The molecule has 2 saturated carbocycles. The molecule has 2 aliphatic carbocycles. The third kappa shape index (κ3) is 2.50. The first-order valence-corrected chi connectivity index (χ1v) is 8.45. The summed E-state index contributed by atoms with van der Waals surface area (Å²) in [6.07, 6.45) is 7.46. The van der Waals surface area contributed by atoms with Crippen LogP contribution >= 0.6 is 0 Å². The molecule has 3 aliphatic rings. The number of aliphatic hydroxyl groups excluding tert-OH is 1. The average Bonchev–Trinajstić information content (AvgIpc) is 2.75. The van der Waals surface area contributed by atoms with E-state index in [1.807, 2.05) is 0 Å². The van der Waals surface area contributed by atoms with Gasteiger partial charge in [0.1, 0.15) is 0 Å². The van der Waals surface area contributed by atoms with Crippen LogP contribution in [0.4, 0.5) is 0 Å². The van der Waals surface area contributed by atoms with E-state index >= 15 is 0 Å². The molecule has 3 rings (SSSR count). The molecular weight excluding hydrogens is 266 g/mol. The maximum absolute atomic E-state index is 11.0. The van der Waals surface area contributed by atoms with E-state index in [0.29, 0.717) is 18.8 Å². The van der Waals surface area contributed by atoms with Crippen LogP contribution in [0.5, 0.6) is 0 Å². The van der Waals surface area contributed by atoms with Crippen molar-refractivity contribution in [1.82, 2.24) is 0 Å². The Morgan fingerprint density at radius 3 is 2.71 bits per heavy atom. The fraction of sp³-hybridized carbons (Fsp3) is 0.941. The summed E-state index contributed by atoms with van der Waals surface area (Å²) in [6, 6.07) is 2.17. The topological polar surface area (TPSA) is 73.5 Å². The van der Waals surface area contributed by atoms with Crippen molar-refractivity contribution in [1.29, 1.82) is 5.26 Å². The van der Waals surface area contributed by atoms with Gasteiger partial charge in [-0.3, -0.25) is 0 Å². The lowest BCUT2D eigenvalue weighted by Gasteiger charge is -2.54. The summed E-state index contributed by atoms with van der Waals surface area (Å²) in [5.74, 6) is -0.448. The first kappa shape index (κ1) is 15.3. The van der Waals surface area contributed by atoms with Crippen LogP contribution in [0.2, 0.25) is 0 Å². The first-order valence-electron chi connectivity index (χ1n) is 8.45. The number of nitrogens with zero attached hydrogens (tertiary/aromatic N) is 1. The van der Waals surface area contributed by atoms with Crippen molar-refractivity contribution in [3.8, 4) is 6.07 Å². The molecule has 0 aromatic heterocycles. The Kier molecular flexibility index (Phi) is 4.02. The predicted octanol–water partition coefficient (Wildman–Crippen LogP) is 2.74. The molecular formula is C17H27NO3. The zero-order valence-electron chi connectivity index (χ0n) is 12.9. The Bertz CT molecular complexity index is 434. The summed E-state index contributed by atoms with van der Waals surface area (Å²) in [6.45, 7) is 2.19. The lowest BCUT2D eigenvalue weighted by molar-refractivity contribution is -0.319. The van der Waals surface area contributed by atoms with Gasteiger partial charge in [-0.25, -0.2) is 0 Å². The number of nitriles is 1. The number of fused-ring (bicyclic) bond motifs is 3. The summed E-state index contributed by atoms with van der Waals surface area (Å²) < 4.78 is 6.08. The molecule has 2 N–H and O–H groups in total. The second-order valence-electron chi connectivity index (χ2n) is 7.52. The highest BCUT2D eigenvalue weighted by Crippen LogP contribution is 2.60. The average molecular weight is 293 g/mol. The number of rotatable bonds is 3. The molecule has 6 atom stereocenters. The van der Waals surface area contributed by atoms with Crippen LogP contribution in [-0.4, -0.2) is 28.2 Å². The molecule has 0 bridgehead atoms. The Balaban J connectivity index is 1.68. The van der Waals surface area contributed by atoms with Crippen LogP contribution in [0, 0.1) is 28.6 Å². The molecule has 0 aromatic rings. The molecule has 3 fully saturated rings. The summed E-state index contributed by atoms with van der Waals surface area (Å²) in [4.78, 5) is 0. The highest BCUT2D eigenvalue weighted by atomic mass is 16.6. The number of hydrogen-bond acceptors (Lipinski definition) is 4. The van der Waals surface area contributed by atoms with Gasteiger partial charge in [-0.2, -0.15) is 5.26 Å². The predicted molar refractivity (Wildman–Crippen MR) is 78.1 cm³/mol. The molecule has 0 radical (unpaired) electrons. The second kappa shape index (κ2) is 5.53. The number of ether oxygens (including phenoxy) is 1. The van der Waals surface area contributed by atoms with E-state index in [4.69, 9.17) is 10.00 Å². The van der Waals surface area contributed by atoms with E-state index in [0.717, 1.165) is 44.9 Å². The molecule has 2 unspecified atom stereocenters. The summed E-state index contributed by atoms with van der Waals surface area (Å²) in [5, 5.41) is 29.9. The van der Waals surface area contributed by atoms with Crippen molar-refractivity contribution in [3.63, 3.8) is 0 Å². The van der Waals surface area contributed by atoms with Gasteiger partial charge in [-0.15, -0.1) is 0 Å². The van der Waals surface area contributed by atoms with Crippen molar-refractivity contribution in [2.75, 3.05) is 0 Å². The minimum atomic E-state index is -0.996. The van der Waals surface area contributed by atoms with Crippen molar-refractivity contribution in [3.05, 3.63) is 0 Å². The first-order chi connectivity index (χ1) is 9.99. The standard InChI is InChI=1S/C17H27NO3/c1-16-9-10-17(20)14(13(16)7-8-15(16)19)6-5-12(21-17)4-2-3-11-18/h12-15,19-20H,2-10H2,1H3/t12-,13-,14?,15+,16-,17?/m0/s1. The van der Waals surface area contributed by atoms with E-state index in [-0.39, 0.29) is 23.5 Å². The van der Waals surface area contributed by atoms with E-state index < -0.39 is 5.79 Å². The Hall–Kier alpha value is -0.630. The summed E-state index contributed by atoms with van der Waals surface area (Å²) in [7, 11) is 0. The molecule has 0 aromatic carbocycles. The van der Waals surface area contributed by atoms with E-state index in [2.05, 4.69) is 13.0 Å². The van der Waals surface area contributed by atoms with Gasteiger partial charge in [0.25, 0.3) is 0 Å². The van der Waals surface area contributed by atoms with Crippen LogP contribution in [0.3, 0.4) is 0 Å². The normalized spacial score (nSPS) is 49.2. The second-order valence-corrected chi connectivity index (χ2v) is 7.52. The van der Waals surface area contributed by atoms with Gasteiger partial charge in [0.05, 0.1) is 18.3 Å². The van der Waals surface area contributed by atoms with Gasteiger partial charge in [0.15, 0.2) is 5.79 Å². The highest BCUT2D eigenvalue weighted by Gasteiger charge is 2.60. The molecule has 1 heterocycles. The van der Waals surface area contributed by atoms with Crippen LogP contribution in [0.1, 0.15) is 64.7 Å². The molecule has 0 spiro atoms. The van der Waals surface area contributed by atoms with Gasteiger partial charge in [-0.1, -0.05) is 6.92 Å². The maximum atomic E-state index is 11.0. The molecule has 1 aliphatic heterocycles. The minimum absolute atomic E-state index is 0.0338. The summed E-state index contributed by atoms with van der Waals surface area (Å²) >= 11 is 0. The van der Waals surface area contributed by atoms with Gasteiger partial charge < -0.3 is 14.9 Å². The van der Waals surface area contributed by atoms with Crippen molar-refractivity contribution in [2.45, 2.75) is 82.7 Å². The largest absolute Gasteiger partial charge is 0.393 e. The Labute approximate surface area is 127 Å². The third-order valence-corrected chi connectivity index (χ3v) is 6.43. The molecule has 21 heavy (non-hydrogen) atoms. The zero-order valence-corrected chi connectivity index (χ0v) is 12.9. The van der Waals surface area contributed by atoms with Crippen molar-refractivity contribution >= 4 is 0 Å². The van der Waals surface area contributed by atoms with E-state index in [9.17, 15) is 10.2 Å². The van der Waals surface area contributed by atoms with Crippen molar-refractivity contribution < 1.29 is 14.9 Å². The minimum Gasteiger partial charge on any atom is -0.393 e. The van der Waals surface area contributed by atoms with Crippen LogP contribution in [0.25, 0.3) is 0 Å². The quantitative estimate of drug-likeness (QED) is 0.785. The highest BCUT2D eigenvalue weighted by molar-refractivity contribution is 5.06. The summed E-state index contributed by atoms with van der Waals surface area (Å²) in [5.41, 5.74) is -0.0338. The third-order valence-electron chi connectivity index (χ3n) is 6.43. The maximum Gasteiger partial charge on any atom is 0.168 e.